The molecule has 0 bridgehead atoms. The van der Waals surface area contributed by atoms with E-state index < -0.39 is 17.1 Å². The van der Waals surface area contributed by atoms with Gasteiger partial charge in [-0.15, -0.1) is 11.6 Å². The smallest absolute Gasteiger partial charge is 0.0789 e. The molecular weight excluding hydrogens is 324 g/mol. The molecule has 4 heteroatoms. The molecule has 1 aliphatic carbocycles. The van der Waals surface area contributed by atoms with Gasteiger partial charge in [0.05, 0.1) is 23.7 Å². The molecule has 138 valence electrons. The number of hydrogen-bond donors (Lipinski definition) is 3. The van der Waals surface area contributed by atoms with Crippen LogP contribution in [0, 0.1) is 5.92 Å². The van der Waals surface area contributed by atoms with E-state index in [1.54, 1.807) is 6.08 Å². The second-order valence-corrected chi connectivity index (χ2v) is 8.25. The Kier molecular flexibility index (Phi) is 8.72. The molecule has 0 radical (unpaired) electrons. The fourth-order valence-electron chi connectivity index (χ4n) is 3.16. The standard InChI is InChI=1S/C20H33ClO3/c1-14(2)17-9-7-15(3)6-5-11-20(4,21)19(24)10-8-16(13-22)12-18(17)23/h6,12,17-19,22-24H,1,5,7-11,13H2,2-4H3/b15-6+,16-12?/t17-,18+,19-,20-/m1/s1. The van der Waals surface area contributed by atoms with E-state index in [1.807, 2.05) is 13.8 Å². The first-order valence-corrected chi connectivity index (χ1v) is 9.21. The molecule has 0 amide bonds. The molecule has 0 unspecified atom stereocenters. The van der Waals surface area contributed by atoms with Crippen molar-refractivity contribution in [1.82, 2.24) is 0 Å². The van der Waals surface area contributed by atoms with Crippen LogP contribution in [0.15, 0.2) is 35.5 Å². The van der Waals surface area contributed by atoms with Crippen molar-refractivity contribution >= 4 is 11.6 Å². The monoisotopic (exact) mass is 356 g/mol. The van der Waals surface area contributed by atoms with Crippen molar-refractivity contribution in [2.75, 3.05) is 6.61 Å². The average Bonchev–Trinajstić information content (AvgIpc) is 2.49. The first-order chi connectivity index (χ1) is 11.2. The summed E-state index contributed by atoms with van der Waals surface area (Å²) in [6.07, 6.45) is 6.82. The molecular formula is C20H33ClO3. The second kappa shape index (κ2) is 9.76. The highest BCUT2D eigenvalue weighted by molar-refractivity contribution is 6.24. The highest BCUT2D eigenvalue weighted by Crippen LogP contribution is 2.31. The average molecular weight is 357 g/mol. The Hall–Kier alpha value is -0.610. The minimum atomic E-state index is -0.680. The summed E-state index contributed by atoms with van der Waals surface area (Å²) in [6.45, 7) is 9.78. The summed E-state index contributed by atoms with van der Waals surface area (Å²) >= 11 is 6.50. The Morgan fingerprint density at radius 1 is 1.33 bits per heavy atom. The zero-order chi connectivity index (χ0) is 18.3. The fourth-order valence-corrected chi connectivity index (χ4v) is 3.38. The maximum atomic E-state index is 10.5. The van der Waals surface area contributed by atoms with Crippen LogP contribution in [0.4, 0.5) is 0 Å². The van der Waals surface area contributed by atoms with Gasteiger partial charge in [-0.05, 0) is 64.9 Å². The van der Waals surface area contributed by atoms with Gasteiger partial charge in [-0.3, -0.25) is 0 Å². The Balaban J connectivity index is 3.03. The molecule has 0 spiro atoms. The van der Waals surface area contributed by atoms with E-state index in [-0.39, 0.29) is 12.5 Å². The quantitative estimate of drug-likeness (QED) is 0.515. The van der Waals surface area contributed by atoms with Gasteiger partial charge in [0.25, 0.3) is 0 Å². The normalized spacial score (nSPS) is 36.2. The van der Waals surface area contributed by atoms with Crippen LogP contribution < -0.4 is 0 Å². The summed E-state index contributed by atoms with van der Waals surface area (Å²) in [5.74, 6) is -0.0268. The third-order valence-corrected chi connectivity index (χ3v) is 5.50. The lowest BCUT2D eigenvalue weighted by Gasteiger charge is -2.29. The van der Waals surface area contributed by atoms with Gasteiger partial charge in [0.15, 0.2) is 0 Å². The van der Waals surface area contributed by atoms with E-state index in [0.29, 0.717) is 19.3 Å². The van der Waals surface area contributed by atoms with Gasteiger partial charge >= 0.3 is 0 Å². The van der Waals surface area contributed by atoms with Crippen molar-refractivity contribution < 1.29 is 15.3 Å². The molecule has 0 aliphatic heterocycles. The van der Waals surface area contributed by atoms with Gasteiger partial charge in [-0.25, -0.2) is 0 Å². The number of allylic oxidation sites excluding steroid dienone is 2. The zero-order valence-corrected chi connectivity index (χ0v) is 16.0. The van der Waals surface area contributed by atoms with Crippen molar-refractivity contribution in [3.05, 3.63) is 35.5 Å². The summed E-state index contributed by atoms with van der Waals surface area (Å²) in [7, 11) is 0. The summed E-state index contributed by atoms with van der Waals surface area (Å²) in [6, 6.07) is 0. The Labute approximate surface area is 151 Å². The molecule has 24 heavy (non-hydrogen) atoms. The van der Waals surface area contributed by atoms with Crippen molar-refractivity contribution in [3.8, 4) is 0 Å². The van der Waals surface area contributed by atoms with Crippen LogP contribution in [-0.4, -0.2) is 39.0 Å². The molecule has 0 saturated heterocycles. The van der Waals surface area contributed by atoms with Gasteiger partial charge in [0.2, 0.25) is 0 Å². The number of aliphatic hydroxyl groups is 3. The maximum Gasteiger partial charge on any atom is 0.0789 e. The van der Waals surface area contributed by atoms with E-state index in [9.17, 15) is 15.3 Å². The second-order valence-electron chi connectivity index (χ2n) is 7.39. The van der Waals surface area contributed by atoms with Gasteiger partial charge in [0.1, 0.15) is 0 Å². The molecule has 1 rings (SSSR count). The summed E-state index contributed by atoms with van der Waals surface area (Å²) in [5.41, 5.74) is 2.95. The lowest BCUT2D eigenvalue weighted by molar-refractivity contribution is 0.117. The van der Waals surface area contributed by atoms with Crippen LogP contribution in [0.1, 0.15) is 59.3 Å². The molecule has 0 aromatic heterocycles. The largest absolute Gasteiger partial charge is 0.392 e. The molecule has 0 heterocycles. The SMILES string of the molecule is C=C(C)[C@H]1CC/C(C)=C/CC[C@@](C)(Cl)[C@H](O)CCC(CO)=C[C@@H]1O. The maximum absolute atomic E-state index is 10.5. The lowest BCUT2D eigenvalue weighted by Crippen LogP contribution is -2.33. The van der Waals surface area contributed by atoms with Crippen molar-refractivity contribution in [3.63, 3.8) is 0 Å². The van der Waals surface area contributed by atoms with Gasteiger partial charge in [-0.1, -0.05) is 29.9 Å². The Morgan fingerprint density at radius 3 is 2.58 bits per heavy atom. The molecule has 0 fully saturated rings. The minimum Gasteiger partial charge on any atom is -0.392 e. The van der Waals surface area contributed by atoms with Crippen molar-refractivity contribution in [1.29, 1.82) is 0 Å². The molecule has 3 N–H and O–H groups in total. The van der Waals surface area contributed by atoms with Crippen LogP contribution >= 0.6 is 11.6 Å². The molecule has 0 aromatic rings. The van der Waals surface area contributed by atoms with Gasteiger partial charge in [-0.2, -0.15) is 0 Å². The molecule has 3 nitrogen and oxygen atoms in total. The van der Waals surface area contributed by atoms with E-state index in [4.69, 9.17) is 11.6 Å². The number of aliphatic hydroxyl groups excluding tert-OH is 3. The number of hydrogen-bond acceptors (Lipinski definition) is 3. The van der Waals surface area contributed by atoms with E-state index in [1.165, 1.54) is 5.57 Å². The number of alkyl halides is 1. The third kappa shape index (κ3) is 6.72. The summed E-state index contributed by atoms with van der Waals surface area (Å²) < 4.78 is 0. The van der Waals surface area contributed by atoms with Crippen molar-refractivity contribution in [2.45, 2.75) is 76.4 Å². The van der Waals surface area contributed by atoms with Crippen LogP contribution in [0.2, 0.25) is 0 Å². The van der Waals surface area contributed by atoms with Crippen LogP contribution in [0.5, 0.6) is 0 Å². The number of rotatable bonds is 2. The highest BCUT2D eigenvalue weighted by atomic mass is 35.5. The Bertz CT molecular complexity index is 479. The van der Waals surface area contributed by atoms with Crippen LogP contribution in [-0.2, 0) is 0 Å². The fraction of sp³-hybridized carbons (Fsp3) is 0.700. The molecule has 4 atom stereocenters. The predicted molar refractivity (Wildman–Crippen MR) is 101 cm³/mol. The highest BCUT2D eigenvalue weighted by Gasteiger charge is 2.30. The zero-order valence-electron chi connectivity index (χ0n) is 15.3. The van der Waals surface area contributed by atoms with Gasteiger partial charge < -0.3 is 15.3 Å². The minimum absolute atomic E-state index is 0.0268. The van der Waals surface area contributed by atoms with Crippen molar-refractivity contribution in [2.24, 2.45) is 5.92 Å². The predicted octanol–water partition coefficient (Wildman–Crippen LogP) is 4.12. The summed E-state index contributed by atoms with van der Waals surface area (Å²) in [4.78, 5) is -0.680. The Morgan fingerprint density at radius 2 is 2.00 bits per heavy atom. The van der Waals surface area contributed by atoms with E-state index in [0.717, 1.165) is 30.4 Å². The van der Waals surface area contributed by atoms with Crippen LogP contribution in [0.3, 0.4) is 0 Å². The molecule has 0 aromatic carbocycles. The van der Waals surface area contributed by atoms with E-state index >= 15 is 0 Å². The molecule has 0 saturated carbocycles. The first-order valence-electron chi connectivity index (χ1n) is 8.84. The third-order valence-electron chi connectivity index (χ3n) is 5.06. The summed E-state index contributed by atoms with van der Waals surface area (Å²) in [5, 5.41) is 30.5. The topological polar surface area (TPSA) is 60.7 Å². The van der Waals surface area contributed by atoms with E-state index in [2.05, 4.69) is 19.6 Å². The first kappa shape index (κ1) is 21.4. The number of halogens is 1. The van der Waals surface area contributed by atoms with Gasteiger partial charge in [0, 0.05) is 5.92 Å². The van der Waals surface area contributed by atoms with Crippen LogP contribution in [0.25, 0.3) is 0 Å². The lowest BCUT2D eigenvalue weighted by atomic mass is 9.86. The molecule has 1 aliphatic rings.